The highest BCUT2D eigenvalue weighted by molar-refractivity contribution is 9.10. The maximum atomic E-state index is 13.8. The summed E-state index contributed by atoms with van der Waals surface area (Å²) in [5.74, 6) is -0.603. The summed E-state index contributed by atoms with van der Waals surface area (Å²) in [6.07, 6.45) is 2.26. The first kappa shape index (κ1) is 14.9. The standard InChI is InChI=1S/C14H18BrF2NO/c1-2-13-9(5-6-19-13)7-18-8-10-12(16)4-3-11(15)14(10)17/h3-4,9,13,18H,2,5-8H2,1H3. The Morgan fingerprint density at radius 1 is 1.42 bits per heavy atom. The molecule has 1 N–H and O–H groups in total. The van der Waals surface area contributed by atoms with Crippen LogP contribution in [0.15, 0.2) is 16.6 Å². The van der Waals surface area contributed by atoms with Gasteiger partial charge in [0.15, 0.2) is 0 Å². The molecule has 0 aromatic heterocycles. The van der Waals surface area contributed by atoms with E-state index in [9.17, 15) is 8.78 Å². The fourth-order valence-corrected chi connectivity index (χ4v) is 2.86. The summed E-state index contributed by atoms with van der Waals surface area (Å²) in [5, 5.41) is 3.14. The molecule has 0 aliphatic carbocycles. The number of hydrogen-bond acceptors (Lipinski definition) is 2. The van der Waals surface area contributed by atoms with Crippen molar-refractivity contribution in [3.63, 3.8) is 0 Å². The average molecular weight is 334 g/mol. The molecule has 0 saturated carbocycles. The quantitative estimate of drug-likeness (QED) is 0.831. The van der Waals surface area contributed by atoms with Crippen molar-refractivity contribution in [1.82, 2.24) is 5.32 Å². The fourth-order valence-electron chi connectivity index (χ4n) is 2.49. The molecule has 2 unspecified atom stereocenters. The van der Waals surface area contributed by atoms with Crippen LogP contribution in [-0.2, 0) is 11.3 Å². The molecule has 1 aliphatic heterocycles. The molecule has 2 nitrogen and oxygen atoms in total. The minimum absolute atomic E-state index is 0.0846. The lowest BCUT2D eigenvalue weighted by atomic mass is 9.99. The van der Waals surface area contributed by atoms with Gasteiger partial charge in [0.25, 0.3) is 0 Å². The van der Waals surface area contributed by atoms with Gasteiger partial charge in [0.1, 0.15) is 11.6 Å². The summed E-state index contributed by atoms with van der Waals surface area (Å²) < 4.78 is 33.2. The van der Waals surface area contributed by atoms with Crippen molar-refractivity contribution in [3.8, 4) is 0 Å². The van der Waals surface area contributed by atoms with Crippen molar-refractivity contribution < 1.29 is 13.5 Å². The number of halogens is 3. The van der Waals surface area contributed by atoms with Crippen LogP contribution in [0.25, 0.3) is 0 Å². The Kier molecular flexibility index (Phi) is 5.30. The van der Waals surface area contributed by atoms with E-state index in [2.05, 4.69) is 28.2 Å². The third-order valence-electron chi connectivity index (χ3n) is 3.60. The largest absolute Gasteiger partial charge is 0.378 e. The van der Waals surface area contributed by atoms with E-state index in [1.54, 1.807) is 0 Å². The molecule has 1 heterocycles. The molecule has 1 fully saturated rings. The van der Waals surface area contributed by atoms with E-state index in [-0.39, 0.29) is 18.2 Å². The van der Waals surface area contributed by atoms with Gasteiger partial charge in [0.2, 0.25) is 0 Å². The highest BCUT2D eigenvalue weighted by atomic mass is 79.9. The molecular formula is C14H18BrF2NO. The van der Waals surface area contributed by atoms with Crippen LogP contribution in [0.1, 0.15) is 25.3 Å². The van der Waals surface area contributed by atoms with Gasteiger partial charge in [-0.3, -0.25) is 0 Å². The van der Waals surface area contributed by atoms with Crippen molar-refractivity contribution in [2.45, 2.75) is 32.4 Å². The Hall–Kier alpha value is -0.520. The van der Waals surface area contributed by atoms with E-state index in [1.807, 2.05) is 0 Å². The second-order valence-corrected chi connectivity index (χ2v) is 5.67. The van der Waals surface area contributed by atoms with Crippen molar-refractivity contribution in [2.75, 3.05) is 13.2 Å². The normalized spacial score (nSPS) is 22.9. The van der Waals surface area contributed by atoms with Gasteiger partial charge in [-0.2, -0.15) is 0 Å². The lowest BCUT2D eigenvalue weighted by Gasteiger charge is -2.17. The van der Waals surface area contributed by atoms with Crippen LogP contribution in [0.3, 0.4) is 0 Å². The Morgan fingerprint density at radius 3 is 2.95 bits per heavy atom. The van der Waals surface area contributed by atoms with Gasteiger partial charge < -0.3 is 10.1 Å². The third kappa shape index (κ3) is 3.52. The average Bonchev–Trinajstić information content (AvgIpc) is 2.85. The smallest absolute Gasteiger partial charge is 0.144 e. The zero-order valence-corrected chi connectivity index (χ0v) is 12.5. The van der Waals surface area contributed by atoms with Crippen molar-refractivity contribution in [2.24, 2.45) is 5.92 Å². The molecule has 2 atom stereocenters. The van der Waals surface area contributed by atoms with Gasteiger partial charge in [-0.1, -0.05) is 6.92 Å². The number of nitrogens with one attached hydrogen (secondary N) is 1. The van der Waals surface area contributed by atoms with Crippen LogP contribution in [0.5, 0.6) is 0 Å². The first-order valence-corrected chi connectivity index (χ1v) is 7.37. The predicted octanol–water partition coefficient (Wildman–Crippen LogP) is 3.63. The lowest BCUT2D eigenvalue weighted by Crippen LogP contribution is -2.28. The van der Waals surface area contributed by atoms with Crippen molar-refractivity contribution in [3.05, 3.63) is 33.8 Å². The lowest BCUT2D eigenvalue weighted by molar-refractivity contribution is 0.0872. The zero-order valence-electron chi connectivity index (χ0n) is 10.9. The van der Waals surface area contributed by atoms with Gasteiger partial charge >= 0.3 is 0 Å². The summed E-state index contributed by atoms with van der Waals surface area (Å²) in [5.41, 5.74) is 0.0846. The molecule has 0 spiro atoms. The van der Waals surface area contributed by atoms with Crippen molar-refractivity contribution >= 4 is 15.9 Å². The highest BCUT2D eigenvalue weighted by Gasteiger charge is 2.26. The minimum atomic E-state index is -0.526. The molecular weight excluding hydrogens is 316 g/mol. The Morgan fingerprint density at radius 2 is 2.21 bits per heavy atom. The molecule has 1 aromatic carbocycles. The van der Waals surface area contributed by atoms with Crippen LogP contribution >= 0.6 is 15.9 Å². The van der Waals surface area contributed by atoms with Crippen LogP contribution in [0.2, 0.25) is 0 Å². The summed E-state index contributed by atoms with van der Waals surface area (Å²) in [6, 6.07) is 2.66. The Labute approximate surface area is 120 Å². The summed E-state index contributed by atoms with van der Waals surface area (Å²) in [6.45, 7) is 3.80. The number of hydrogen-bond donors (Lipinski definition) is 1. The molecule has 2 rings (SSSR count). The van der Waals surface area contributed by atoms with Crippen LogP contribution in [0, 0.1) is 17.6 Å². The predicted molar refractivity (Wildman–Crippen MR) is 73.9 cm³/mol. The molecule has 1 aliphatic rings. The molecule has 1 aromatic rings. The molecule has 0 amide bonds. The number of rotatable bonds is 5. The van der Waals surface area contributed by atoms with Crippen LogP contribution in [-0.4, -0.2) is 19.3 Å². The third-order valence-corrected chi connectivity index (χ3v) is 4.21. The van der Waals surface area contributed by atoms with Gasteiger partial charge in [0, 0.05) is 25.3 Å². The summed E-state index contributed by atoms with van der Waals surface area (Å²) in [4.78, 5) is 0. The Balaban J connectivity index is 1.91. The zero-order chi connectivity index (χ0) is 13.8. The van der Waals surface area contributed by atoms with Gasteiger partial charge in [-0.05, 0) is 46.8 Å². The van der Waals surface area contributed by atoms with Crippen LogP contribution < -0.4 is 5.32 Å². The molecule has 5 heteroatoms. The molecule has 106 valence electrons. The SMILES string of the molecule is CCC1OCCC1CNCc1c(F)ccc(Br)c1F. The first-order valence-electron chi connectivity index (χ1n) is 6.58. The second kappa shape index (κ2) is 6.77. The molecule has 1 saturated heterocycles. The van der Waals surface area contributed by atoms with E-state index in [0.717, 1.165) is 26.0 Å². The fraction of sp³-hybridized carbons (Fsp3) is 0.571. The molecule has 0 bridgehead atoms. The van der Waals surface area contributed by atoms with Crippen LogP contribution in [0.4, 0.5) is 8.78 Å². The van der Waals surface area contributed by atoms with Crippen molar-refractivity contribution in [1.29, 1.82) is 0 Å². The van der Waals surface area contributed by atoms with Gasteiger partial charge in [-0.25, -0.2) is 8.78 Å². The van der Waals surface area contributed by atoms with Gasteiger partial charge in [0.05, 0.1) is 10.6 Å². The minimum Gasteiger partial charge on any atom is -0.378 e. The maximum absolute atomic E-state index is 13.8. The number of ether oxygens (including phenoxy) is 1. The molecule has 19 heavy (non-hydrogen) atoms. The van der Waals surface area contributed by atoms with Gasteiger partial charge in [-0.15, -0.1) is 0 Å². The van der Waals surface area contributed by atoms with E-state index in [4.69, 9.17) is 4.74 Å². The summed E-state index contributed by atoms with van der Waals surface area (Å²) >= 11 is 3.07. The first-order chi connectivity index (χ1) is 9.13. The Bertz CT molecular complexity index is 442. The van der Waals surface area contributed by atoms with E-state index < -0.39 is 11.6 Å². The van der Waals surface area contributed by atoms with E-state index in [0.29, 0.717) is 10.4 Å². The van der Waals surface area contributed by atoms with E-state index >= 15 is 0 Å². The maximum Gasteiger partial charge on any atom is 0.144 e. The number of benzene rings is 1. The molecule has 0 radical (unpaired) electrons. The topological polar surface area (TPSA) is 21.3 Å². The highest BCUT2D eigenvalue weighted by Crippen LogP contribution is 2.24. The second-order valence-electron chi connectivity index (χ2n) is 4.82. The monoisotopic (exact) mass is 333 g/mol. The van der Waals surface area contributed by atoms with E-state index in [1.165, 1.54) is 12.1 Å². The summed E-state index contributed by atoms with van der Waals surface area (Å²) in [7, 11) is 0.